The Kier molecular flexibility index (Phi) is 9.78. The number of hydrogen-bond acceptors (Lipinski definition) is 8. The van der Waals surface area contributed by atoms with E-state index in [1.54, 1.807) is 13.0 Å². The first-order valence-corrected chi connectivity index (χ1v) is 13.0. The molecule has 0 bridgehead atoms. The first kappa shape index (κ1) is 28.7. The molecular formula is C27H30Br2N2O6. The van der Waals surface area contributed by atoms with Gasteiger partial charge in [0.15, 0.2) is 0 Å². The highest BCUT2D eigenvalue weighted by Gasteiger charge is 2.62. The fraction of sp³-hybridized carbons (Fsp3) is 0.370. The van der Waals surface area contributed by atoms with E-state index in [1.807, 2.05) is 42.5 Å². The van der Waals surface area contributed by atoms with Crippen LogP contribution in [0.25, 0.3) is 5.57 Å². The lowest BCUT2D eigenvalue weighted by molar-refractivity contribution is -0.133. The monoisotopic (exact) mass is 636 g/mol. The molecule has 0 saturated heterocycles. The van der Waals surface area contributed by atoms with Gasteiger partial charge in [0.05, 0.1) is 30.3 Å². The molecule has 198 valence electrons. The average molecular weight is 638 g/mol. The summed E-state index contributed by atoms with van der Waals surface area (Å²) >= 11 is 7.32. The number of rotatable bonds is 12. The Morgan fingerprint density at radius 2 is 1.73 bits per heavy atom. The number of carbonyl (C=O) groups excluding carboxylic acids is 1. The second-order valence-corrected chi connectivity index (χ2v) is 12.5. The molecule has 1 unspecified atom stereocenters. The lowest BCUT2D eigenvalue weighted by Gasteiger charge is -2.14. The van der Waals surface area contributed by atoms with Crippen molar-refractivity contribution in [2.75, 3.05) is 27.9 Å². The molecule has 8 nitrogen and oxygen atoms in total. The van der Waals surface area contributed by atoms with Gasteiger partial charge in [-0.25, -0.2) is 4.79 Å². The van der Waals surface area contributed by atoms with Crippen LogP contribution in [0.3, 0.4) is 0 Å². The summed E-state index contributed by atoms with van der Waals surface area (Å²) in [5, 5.41) is 8.37. The van der Waals surface area contributed by atoms with E-state index >= 15 is 0 Å². The molecule has 0 amide bonds. The van der Waals surface area contributed by atoms with Crippen LogP contribution in [0.4, 0.5) is 0 Å². The maximum atomic E-state index is 12.2. The molecule has 0 spiro atoms. The minimum Gasteiger partial charge on any atom is -0.503 e. The number of halogens is 2. The van der Waals surface area contributed by atoms with Crippen LogP contribution >= 0.6 is 31.9 Å². The van der Waals surface area contributed by atoms with Crippen molar-refractivity contribution in [3.8, 4) is 5.75 Å². The summed E-state index contributed by atoms with van der Waals surface area (Å²) < 4.78 is 15.9. The van der Waals surface area contributed by atoms with Crippen molar-refractivity contribution >= 4 is 54.8 Å². The number of carbonyl (C=O) groups is 1. The second kappa shape index (κ2) is 12.6. The van der Waals surface area contributed by atoms with Gasteiger partial charge < -0.3 is 23.9 Å². The predicted octanol–water partition coefficient (Wildman–Crippen LogP) is 6.07. The Hall–Kier alpha value is -2.85. The highest BCUT2D eigenvalue weighted by molar-refractivity contribution is 9.25. The zero-order chi connectivity index (χ0) is 27.1. The summed E-state index contributed by atoms with van der Waals surface area (Å²) in [4.78, 5) is 22.9. The lowest BCUT2D eigenvalue weighted by atomic mass is 10.0. The molecule has 37 heavy (non-hydrogen) atoms. The van der Waals surface area contributed by atoms with Gasteiger partial charge >= 0.3 is 5.97 Å². The van der Waals surface area contributed by atoms with Gasteiger partial charge in [0.2, 0.25) is 0 Å². The van der Waals surface area contributed by atoms with E-state index in [0.29, 0.717) is 23.6 Å². The number of oxime groups is 2. The van der Waals surface area contributed by atoms with Gasteiger partial charge in [-0.15, -0.1) is 0 Å². The lowest BCUT2D eigenvalue weighted by Crippen LogP contribution is -2.15. The summed E-state index contributed by atoms with van der Waals surface area (Å²) in [5.74, 6) is 0.248. The molecular weight excluding hydrogens is 608 g/mol. The van der Waals surface area contributed by atoms with Crippen molar-refractivity contribution in [1.82, 2.24) is 0 Å². The van der Waals surface area contributed by atoms with E-state index in [0.717, 1.165) is 23.3 Å². The Morgan fingerprint density at radius 3 is 2.32 bits per heavy atom. The van der Waals surface area contributed by atoms with Gasteiger partial charge in [-0.3, -0.25) is 0 Å². The number of nitrogens with zero attached hydrogens (tertiary/aromatic N) is 2. The number of ether oxygens (including phenoxy) is 3. The third kappa shape index (κ3) is 7.13. The third-order valence-corrected chi connectivity index (χ3v) is 8.43. The molecule has 1 aliphatic rings. The molecule has 1 aliphatic carbocycles. The Labute approximate surface area is 233 Å². The number of esters is 1. The van der Waals surface area contributed by atoms with Crippen LogP contribution in [0, 0.1) is 5.41 Å². The largest absolute Gasteiger partial charge is 0.503 e. The van der Waals surface area contributed by atoms with E-state index < -0.39 is 5.97 Å². The first-order valence-electron chi connectivity index (χ1n) is 11.4. The third-order valence-electron chi connectivity index (χ3n) is 5.95. The maximum Gasteiger partial charge on any atom is 0.341 e. The molecule has 0 aliphatic heterocycles. The van der Waals surface area contributed by atoms with Crippen LogP contribution in [0.15, 0.2) is 65.1 Å². The van der Waals surface area contributed by atoms with Crippen molar-refractivity contribution in [2.24, 2.45) is 15.7 Å². The average Bonchev–Trinajstić information content (AvgIpc) is 3.41. The molecule has 3 rings (SSSR count). The van der Waals surface area contributed by atoms with Crippen molar-refractivity contribution in [3.63, 3.8) is 0 Å². The predicted molar refractivity (Wildman–Crippen MR) is 150 cm³/mol. The molecule has 1 saturated carbocycles. The minimum absolute atomic E-state index is 0.0461. The van der Waals surface area contributed by atoms with Gasteiger partial charge in [-0.2, -0.15) is 0 Å². The van der Waals surface area contributed by atoms with Gasteiger partial charge in [0.25, 0.3) is 0 Å². The van der Waals surface area contributed by atoms with E-state index in [1.165, 1.54) is 27.6 Å². The zero-order valence-corrected chi connectivity index (χ0v) is 24.6. The molecule has 2 aromatic carbocycles. The molecule has 0 heterocycles. The number of methoxy groups -OCH3 is 2. The van der Waals surface area contributed by atoms with E-state index in [2.05, 4.69) is 49.1 Å². The summed E-state index contributed by atoms with van der Waals surface area (Å²) in [6.07, 6.45) is 2.34. The summed E-state index contributed by atoms with van der Waals surface area (Å²) in [6, 6.07) is 14.9. The van der Waals surface area contributed by atoms with Crippen LogP contribution in [0.5, 0.6) is 5.75 Å². The fourth-order valence-electron chi connectivity index (χ4n) is 3.57. The first-order chi connectivity index (χ1) is 17.7. The maximum absolute atomic E-state index is 12.2. The summed E-state index contributed by atoms with van der Waals surface area (Å²) in [5.41, 5.74) is 3.52. The highest BCUT2D eigenvalue weighted by atomic mass is 79.9. The number of hydrogen-bond donors (Lipinski definition) is 0. The Morgan fingerprint density at radius 1 is 1.05 bits per heavy atom. The Bertz CT molecular complexity index is 1190. The van der Waals surface area contributed by atoms with Crippen molar-refractivity contribution < 1.29 is 28.7 Å². The molecule has 0 N–H and O–H groups in total. The van der Waals surface area contributed by atoms with Crippen LogP contribution < -0.4 is 4.74 Å². The van der Waals surface area contributed by atoms with Gasteiger partial charge in [-0.05, 0) is 43.2 Å². The fourth-order valence-corrected chi connectivity index (χ4v) is 5.04. The zero-order valence-electron chi connectivity index (χ0n) is 21.4. The molecule has 0 aromatic heterocycles. The van der Waals surface area contributed by atoms with E-state index in [4.69, 9.17) is 23.9 Å². The normalized spacial score (nSPS) is 19.2. The van der Waals surface area contributed by atoms with Gasteiger partial charge in [0.1, 0.15) is 36.5 Å². The molecule has 1 fully saturated rings. The molecule has 0 radical (unpaired) electrons. The Balaban J connectivity index is 1.70. The van der Waals surface area contributed by atoms with Crippen LogP contribution in [0.2, 0.25) is 0 Å². The van der Waals surface area contributed by atoms with E-state index in [-0.39, 0.29) is 20.8 Å². The van der Waals surface area contributed by atoms with Crippen LogP contribution in [-0.2, 0) is 30.6 Å². The van der Waals surface area contributed by atoms with E-state index in [9.17, 15) is 4.79 Å². The summed E-state index contributed by atoms with van der Waals surface area (Å²) in [7, 11) is 4.26. The van der Waals surface area contributed by atoms with Crippen LogP contribution in [-0.4, -0.2) is 48.6 Å². The molecule has 10 heteroatoms. The van der Waals surface area contributed by atoms with Crippen molar-refractivity contribution in [3.05, 3.63) is 71.5 Å². The standard InChI is InChI=1S/C27H30Br2N2O6/c1-18(30-37-14-20-8-6-7-9-22(20)23(15-33-3)25(32)34-4)24(31-35-5)19-10-12-21(13-11-19)36-17-26(2)16-27(26,28)29/h6-13,15H,14,16-17H2,1-5H3/b23-15+,30-18+,31-24-. The molecule has 2 aromatic rings. The van der Waals surface area contributed by atoms with Crippen molar-refractivity contribution in [2.45, 2.75) is 30.1 Å². The number of benzene rings is 2. The topological polar surface area (TPSA) is 87.9 Å². The highest BCUT2D eigenvalue weighted by Crippen LogP contribution is 2.66. The number of alkyl halides is 2. The minimum atomic E-state index is -0.513. The second-order valence-electron chi connectivity index (χ2n) is 8.74. The van der Waals surface area contributed by atoms with Crippen molar-refractivity contribution in [1.29, 1.82) is 0 Å². The smallest absolute Gasteiger partial charge is 0.341 e. The van der Waals surface area contributed by atoms with Gasteiger partial charge in [0, 0.05) is 16.5 Å². The van der Waals surface area contributed by atoms with Gasteiger partial charge in [-0.1, -0.05) is 73.4 Å². The molecule has 1 atom stereocenters. The SMILES string of the molecule is CO/C=C(/C(=O)OC)c1ccccc1CO/N=C(C)/C(=N/OC)c1ccc(OCC2(C)CC2(Br)Br)cc1. The van der Waals surface area contributed by atoms with Crippen LogP contribution in [0.1, 0.15) is 37.0 Å². The summed E-state index contributed by atoms with van der Waals surface area (Å²) in [6.45, 7) is 4.64. The quantitative estimate of drug-likeness (QED) is 0.0702.